The molecule has 1 aromatic rings. The maximum atomic E-state index is 12.4. The van der Waals surface area contributed by atoms with Crippen LogP contribution in [0.1, 0.15) is 49.3 Å². The average Bonchev–Trinajstić information content (AvgIpc) is 3.05. The molecule has 3 amide bonds. The van der Waals surface area contributed by atoms with Gasteiger partial charge in [-0.2, -0.15) is 5.10 Å². The second-order valence-corrected chi connectivity index (χ2v) is 5.97. The van der Waals surface area contributed by atoms with Crippen LogP contribution in [0.3, 0.4) is 0 Å². The molecule has 1 aliphatic heterocycles. The Hall–Kier alpha value is -2.05. The number of nitrogens with zero attached hydrogens (tertiary/aromatic N) is 3. The Kier molecular flexibility index (Phi) is 5.05. The highest BCUT2D eigenvalue weighted by atomic mass is 16.2. The number of amides is 3. The first kappa shape index (κ1) is 16.3. The van der Waals surface area contributed by atoms with Gasteiger partial charge in [0.1, 0.15) is 5.69 Å². The molecule has 0 saturated carbocycles. The molecule has 0 aromatic carbocycles. The van der Waals surface area contributed by atoms with Gasteiger partial charge in [0.05, 0.1) is 5.69 Å². The first-order valence-electron chi connectivity index (χ1n) is 7.80. The van der Waals surface area contributed by atoms with Crippen molar-refractivity contribution in [2.45, 2.75) is 39.2 Å². The van der Waals surface area contributed by atoms with E-state index in [4.69, 9.17) is 0 Å². The van der Waals surface area contributed by atoms with Crippen molar-refractivity contribution < 1.29 is 9.59 Å². The Morgan fingerprint density at radius 3 is 2.77 bits per heavy atom. The zero-order chi connectivity index (χ0) is 16.3. The summed E-state index contributed by atoms with van der Waals surface area (Å²) in [5, 5.41) is 10.1. The molecule has 1 saturated heterocycles. The van der Waals surface area contributed by atoms with Crippen molar-refractivity contribution in [2.75, 3.05) is 19.6 Å². The lowest BCUT2D eigenvalue weighted by Gasteiger charge is -2.17. The molecule has 1 aliphatic rings. The fourth-order valence-corrected chi connectivity index (χ4v) is 2.57. The second kappa shape index (κ2) is 6.81. The number of carbonyl (C=O) groups excluding carboxylic acids is 2. The van der Waals surface area contributed by atoms with E-state index >= 15 is 0 Å². The molecular formula is C15H25N5O2. The molecular weight excluding hydrogens is 282 g/mol. The van der Waals surface area contributed by atoms with Gasteiger partial charge < -0.3 is 15.5 Å². The third-order valence-electron chi connectivity index (χ3n) is 3.86. The first-order chi connectivity index (χ1) is 10.4. The molecule has 2 N–H and O–H groups in total. The predicted molar refractivity (Wildman–Crippen MR) is 83.8 cm³/mol. The second-order valence-electron chi connectivity index (χ2n) is 5.97. The van der Waals surface area contributed by atoms with Crippen molar-refractivity contribution in [3.8, 4) is 0 Å². The topological polar surface area (TPSA) is 79.3 Å². The van der Waals surface area contributed by atoms with Crippen molar-refractivity contribution in [1.82, 2.24) is 25.3 Å². The summed E-state index contributed by atoms with van der Waals surface area (Å²) in [4.78, 5) is 25.9. The van der Waals surface area contributed by atoms with E-state index in [2.05, 4.69) is 15.7 Å². The third-order valence-corrected chi connectivity index (χ3v) is 3.86. The Bertz CT molecular complexity index is 552. The number of likely N-dealkylation sites (tertiary alicyclic amines) is 1. The lowest BCUT2D eigenvalue weighted by Crippen LogP contribution is -2.42. The van der Waals surface area contributed by atoms with Crippen LogP contribution in [0, 0.1) is 0 Å². The van der Waals surface area contributed by atoms with Crippen LogP contribution in [0.4, 0.5) is 4.79 Å². The number of nitrogens with one attached hydrogen (secondary N) is 2. The molecule has 0 spiro atoms. The molecule has 2 heterocycles. The van der Waals surface area contributed by atoms with Crippen molar-refractivity contribution in [2.24, 2.45) is 7.05 Å². The minimum Gasteiger partial charge on any atom is -0.346 e. The number of hydrogen-bond acceptors (Lipinski definition) is 3. The molecule has 7 nitrogen and oxygen atoms in total. The van der Waals surface area contributed by atoms with E-state index in [0.29, 0.717) is 25.3 Å². The highest BCUT2D eigenvalue weighted by Crippen LogP contribution is 2.15. The smallest absolute Gasteiger partial charge is 0.317 e. The van der Waals surface area contributed by atoms with E-state index in [1.165, 1.54) is 0 Å². The van der Waals surface area contributed by atoms with E-state index in [-0.39, 0.29) is 23.9 Å². The highest BCUT2D eigenvalue weighted by Gasteiger charge is 2.28. The van der Waals surface area contributed by atoms with Gasteiger partial charge in [-0.05, 0) is 25.3 Å². The molecule has 0 bridgehead atoms. The summed E-state index contributed by atoms with van der Waals surface area (Å²) in [7, 11) is 1.77. The summed E-state index contributed by atoms with van der Waals surface area (Å²) >= 11 is 0. The fraction of sp³-hybridized carbons (Fsp3) is 0.667. The molecule has 0 radical (unpaired) electrons. The van der Waals surface area contributed by atoms with Crippen molar-refractivity contribution in [3.63, 3.8) is 0 Å². The maximum Gasteiger partial charge on any atom is 0.317 e. The van der Waals surface area contributed by atoms with Crippen LogP contribution >= 0.6 is 0 Å². The van der Waals surface area contributed by atoms with Crippen LogP contribution in [0.25, 0.3) is 0 Å². The summed E-state index contributed by atoms with van der Waals surface area (Å²) in [5.41, 5.74) is 1.46. The van der Waals surface area contributed by atoms with Gasteiger partial charge >= 0.3 is 6.03 Å². The summed E-state index contributed by atoms with van der Waals surface area (Å²) in [6.07, 6.45) is 0.776. The van der Waals surface area contributed by atoms with Crippen LogP contribution in [0.15, 0.2) is 6.07 Å². The van der Waals surface area contributed by atoms with Crippen LogP contribution < -0.4 is 10.6 Å². The van der Waals surface area contributed by atoms with Gasteiger partial charge in [-0.15, -0.1) is 0 Å². The summed E-state index contributed by atoms with van der Waals surface area (Å²) in [5.74, 6) is 0.150. The Morgan fingerprint density at radius 1 is 1.45 bits per heavy atom. The van der Waals surface area contributed by atoms with E-state index < -0.39 is 0 Å². The molecule has 7 heteroatoms. The molecule has 122 valence electrons. The minimum atomic E-state index is -0.135. The summed E-state index contributed by atoms with van der Waals surface area (Å²) < 4.78 is 1.61. The van der Waals surface area contributed by atoms with E-state index in [9.17, 15) is 9.59 Å². The molecule has 1 aromatic heterocycles. The largest absolute Gasteiger partial charge is 0.346 e. The molecule has 0 aliphatic carbocycles. The van der Waals surface area contributed by atoms with Gasteiger partial charge in [-0.3, -0.25) is 9.48 Å². The molecule has 2 rings (SSSR count). The number of hydrogen-bond donors (Lipinski definition) is 2. The summed E-state index contributed by atoms with van der Waals surface area (Å²) in [6, 6.07) is 1.76. The van der Waals surface area contributed by atoms with Crippen LogP contribution in [0.2, 0.25) is 0 Å². The average molecular weight is 307 g/mol. The first-order valence-corrected chi connectivity index (χ1v) is 7.80. The zero-order valence-corrected chi connectivity index (χ0v) is 13.7. The van der Waals surface area contributed by atoms with Crippen molar-refractivity contribution >= 4 is 11.9 Å². The summed E-state index contributed by atoms with van der Waals surface area (Å²) in [6.45, 7) is 7.81. The lowest BCUT2D eigenvalue weighted by molar-refractivity contribution is 0.0928. The normalized spacial score (nSPS) is 17.9. The number of urea groups is 1. The fourth-order valence-electron chi connectivity index (χ4n) is 2.57. The van der Waals surface area contributed by atoms with Gasteiger partial charge in [0.25, 0.3) is 5.91 Å². The Morgan fingerprint density at radius 2 is 2.18 bits per heavy atom. The number of rotatable bonds is 4. The molecule has 22 heavy (non-hydrogen) atoms. The van der Waals surface area contributed by atoms with E-state index in [1.807, 2.05) is 26.8 Å². The third kappa shape index (κ3) is 3.58. The van der Waals surface area contributed by atoms with Gasteiger partial charge in [0, 0.05) is 32.7 Å². The lowest BCUT2D eigenvalue weighted by atomic mass is 10.1. The number of aryl methyl sites for hydroxylation is 1. The van der Waals surface area contributed by atoms with Gasteiger partial charge in [-0.25, -0.2) is 4.79 Å². The minimum absolute atomic E-state index is 0.00694. The maximum absolute atomic E-state index is 12.4. The monoisotopic (exact) mass is 307 g/mol. The predicted octanol–water partition coefficient (Wildman–Crippen LogP) is 1.08. The van der Waals surface area contributed by atoms with Crippen molar-refractivity contribution in [1.29, 1.82) is 0 Å². The highest BCUT2D eigenvalue weighted by molar-refractivity contribution is 5.93. The Labute approximate surface area is 131 Å². The molecule has 1 fully saturated rings. The quantitative estimate of drug-likeness (QED) is 0.873. The molecule has 1 atom stereocenters. The van der Waals surface area contributed by atoms with Gasteiger partial charge in [0.15, 0.2) is 0 Å². The van der Waals surface area contributed by atoms with Crippen LogP contribution in [-0.4, -0.2) is 52.3 Å². The van der Waals surface area contributed by atoms with Gasteiger partial charge in [0.2, 0.25) is 0 Å². The molecule has 1 unspecified atom stereocenters. The number of aromatic nitrogens is 2. The van der Waals surface area contributed by atoms with Gasteiger partial charge in [-0.1, -0.05) is 13.8 Å². The van der Waals surface area contributed by atoms with Crippen LogP contribution in [-0.2, 0) is 7.05 Å². The Balaban J connectivity index is 1.94. The van der Waals surface area contributed by atoms with E-state index in [0.717, 1.165) is 12.1 Å². The SMILES string of the molecule is CCNC(=O)N1CCC(NC(=O)c2cc(C(C)C)nn2C)C1. The zero-order valence-electron chi connectivity index (χ0n) is 13.7. The standard InChI is InChI=1S/C15H25N5O2/c1-5-16-15(22)20-7-6-11(9-20)17-14(21)13-8-12(10(2)3)18-19(13)4/h8,10-11H,5-7,9H2,1-4H3,(H,16,22)(H,17,21). The van der Waals surface area contributed by atoms with Crippen LogP contribution in [0.5, 0.6) is 0 Å². The van der Waals surface area contributed by atoms with E-state index in [1.54, 1.807) is 16.6 Å². The van der Waals surface area contributed by atoms with Crippen molar-refractivity contribution in [3.05, 3.63) is 17.5 Å². The number of carbonyl (C=O) groups is 2.